The second-order valence-corrected chi connectivity index (χ2v) is 5.18. The molecule has 0 aliphatic heterocycles. The molecule has 0 atom stereocenters. The van der Waals surface area contributed by atoms with Crippen LogP contribution in [0.4, 0.5) is 15.8 Å². The fourth-order valence-electron chi connectivity index (χ4n) is 1.61. The Morgan fingerprint density at radius 2 is 2.05 bits per heavy atom. The summed E-state index contributed by atoms with van der Waals surface area (Å²) in [6, 6.07) is 7.83. The molecule has 0 aliphatic rings. The molecule has 0 unspecified atom stereocenters. The number of hydrogen-bond acceptors (Lipinski definition) is 3. The summed E-state index contributed by atoms with van der Waals surface area (Å²) in [5.74, 6) is -1.13. The Balaban J connectivity index is 2.26. The number of anilines is 1. The van der Waals surface area contributed by atoms with Crippen molar-refractivity contribution in [3.63, 3.8) is 0 Å². The fourth-order valence-corrected chi connectivity index (χ4v) is 2.30. The first kappa shape index (κ1) is 15.4. The van der Waals surface area contributed by atoms with Crippen molar-refractivity contribution in [3.05, 3.63) is 67.4 Å². The monoisotopic (exact) mass is 372 g/mol. The summed E-state index contributed by atoms with van der Waals surface area (Å²) in [7, 11) is 0. The summed E-state index contributed by atoms with van der Waals surface area (Å²) >= 11 is 8.74. The highest BCUT2D eigenvalue weighted by molar-refractivity contribution is 9.10. The molecule has 0 radical (unpaired) electrons. The smallest absolute Gasteiger partial charge is 0.288 e. The quantitative estimate of drug-likeness (QED) is 0.640. The number of nitrogens with zero attached hydrogens (tertiary/aromatic N) is 1. The first-order valence-electron chi connectivity index (χ1n) is 5.59. The Bertz CT molecular complexity index is 739. The number of carbonyl (C=O) groups is 1. The van der Waals surface area contributed by atoms with Crippen LogP contribution < -0.4 is 5.32 Å². The minimum absolute atomic E-state index is 0.0375. The second kappa shape index (κ2) is 6.19. The van der Waals surface area contributed by atoms with Crippen LogP contribution in [0.25, 0.3) is 0 Å². The Labute approximate surface area is 132 Å². The highest BCUT2D eigenvalue weighted by Gasteiger charge is 2.16. The lowest BCUT2D eigenvalue weighted by Gasteiger charge is -2.07. The van der Waals surface area contributed by atoms with Crippen LogP contribution in [0.5, 0.6) is 0 Å². The van der Waals surface area contributed by atoms with Crippen LogP contribution in [0.2, 0.25) is 5.02 Å². The summed E-state index contributed by atoms with van der Waals surface area (Å²) in [6.07, 6.45) is 0. The number of nitrogens with one attached hydrogen (secondary N) is 1. The molecule has 0 saturated heterocycles. The third kappa shape index (κ3) is 3.37. The van der Waals surface area contributed by atoms with Crippen molar-refractivity contribution >= 4 is 44.8 Å². The average molecular weight is 374 g/mol. The van der Waals surface area contributed by atoms with E-state index in [1.54, 1.807) is 0 Å². The molecular formula is C13H7BrClFN2O3. The number of nitro groups is 1. The van der Waals surface area contributed by atoms with Gasteiger partial charge < -0.3 is 5.32 Å². The SMILES string of the molecule is O=C(Nc1ccc([N+](=O)[O-])c(Cl)c1)c1cccc(F)c1Br. The van der Waals surface area contributed by atoms with E-state index in [2.05, 4.69) is 21.2 Å². The van der Waals surface area contributed by atoms with Crippen LogP contribution in [0.3, 0.4) is 0 Å². The predicted molar refractivity (Wildman–Crippen MR) is 80.2 cm³/mol. The molecule has 0 bridgehead atoms. The van der Waals surface area contributed by atoms with Gasteiger partial charge in [-0.3, -0.25) is 14.9 Å². The number of benzene rings is 2. The third-order valence-electron chi connectivity index (χ3n) is 2.60. The van der Waals surface area contributed by atoms with Crippen LogP contribution in [-0.2, 0) is 0 Å². The van der Waals surface area contributed by atoms with E-state index < -0.39 is 16.6 Å². The Morgan fingerprint density at radius 3 is 2.67 bits per heavy atom. The lowest BCUT2D eigenvalue weighted by Crippen LogP contribution is -2.13. The van der Waals surface area contributed by atoms with E-state index in [1.807, 2.05) is 0 Å². The van der Waals surface area contributed by atoms with Gasteiger partial charge in [-0.1, -0.05) is 17.7 Å². The minimum Gasteiger partial charge on any atom is -0.322 e. The zero-order valence-electron chi connectivity index (χ0n) is 10.3. The van der Waals surface area contributed by atoms with Gasteiger partial charge in [0.2, 0.25) is 0 Å². The molecule has 1 amide bonds. The van der Waals surface area contributed by atoms with Crippen LogP contribution >= 0.6 is 27.5 Å². The summed E-state index contributed by atoms with van der Waals surface area (Å²) in [5, 5.41) is 13.0. The molecule has 108 valence electrons. The van der Waals surface area contributed by atoms with Gasteiger partial charge in [-0.2, -0.15) is 0 Å². The molecule has 2 rings (SSSR count). The fraction of sp³-hybridized carbons (Fsp3) is 0. The van der Waals surface area contributed by atoms with E-state index in [-0.39, 0.29) is 26.4 Å². The molecule has 8 heteroatoms. The molecule has 0 fully saturated rings. The van der Waals surface area contributed by atoms with Gasteiger partial charge in [-0.15, -0.1) is 0 Å². The maximum atomic E-state index is 13.4. The zero-order valence-corrected chi connectivity index (χ0v) is 12.6. The van der Waals surface area contributed by atoms with Crippen LogP contribution in [-0.4, -0.2) is 10.8 Å². The first-order chi connectivity index (χ1) is 9.90. The normalized spacial score (nSPS) is 10.2. The van der Waals surface area contributed by atoms with Gasteiger partial charge in [0.1, 0.15) is 10.8 Å². The van der Waals surface area contributed by atoms with Crippen molar-refractivity contribution in [1.82, 2.24) is 0 Å². The minimum atomic E-state index is -0.628. The topological polar surface area (TPSA) is 72.2 Å². The highest BCUT2D eigenvalue weighted by Crippen LogP contribution is 2.28. The van der Waals surface area contributed by atoms with Crippen molar-refractivity contribution in [3.8, 4) is 0 Å². The van der Waals surface area contributed by atoms with Crippen LogP contribution in [0.1, 0.15) is 10.4 Å². The largest absolute Gasteiger partial charge is 0.322 e. The van der Waals surface area contributed by atoms with Crippen LogP contribution in [0.15, 0.2) is 40.9 Å². The van der Waals surface area contributed by atoms with E-state index in [0.29, 0.717) is 0 Å². The van der Waals surface area contributed by atoms with Gasteiger partial charge in [-0.25, -0.2) is 4.39 Å². The van der Waals surface area contributed by atoms with Crippen LogP contribution in [0, 0.1) is 15.9 Å². The molecule has 21 heavy (non-hydrogen) atoms. The molecule has 2 aromatic carbocycles. The lowest BCUT2D eigenvalue weighted by molar-refractivity contribution is -0.384. The average Bonchev–Trinajstić information content (AvgIpc) is 2.41. The molecule has 0 aromatic heterocycles. The Kier molecular flexibility index (Phi) is 4.54. The molecule has 0 saturated carbocycles. The zero-order chi connectivity index (χ0) is 15.6. The number of halogens is 3. The summed E-state index contributed by atoms with van der Waals surface area (Å²) in [4.78, 5) is 22.0. The third-order valence-corrected chi connectivity index (χ3v) is 3.71. The Morgan fingerprint density at radius 1 is 1.33 bits per heavy atom. The molecule has 0 aliphatic carbocycles. The number of rotatable bonds is 3. The number of nitro benzene ring substituents is 1. The van der Waals surface area contributed by atoms with Gasteiger partial charge in [0.25, 0.3) is 11.6 Å². The van der Waals surface area contributed by atoms with Crippen molar-refractivity contribution in [2.45, 2.75) is 0 Å². The van der Waals surface area contributed by atoms with Crippen molar-refractivity contribution < 1.29 is 14.1 Å². The maximum absolute atomic E-state index is 13.4. The van der Waals surface area contributed by atoms with Crippen molar-refractivity contribution in [1.29, 1.82) is 0 Å². The standard InChI is InChI=1S/C13H7BrClFN2O3/c14-12-8(2-1-3-10(12)16)13(19)17-7-4-5-11(18(20)21)9(15)6-7/h1-6H,(H,17,19). The molecular weight excluding hydrogens is 367 g/mol. The van der Waals surface area contributed by atoms with Gasteiger partial charge >= 0.3 is 0 Å². The van der Waals surface area contributed by atoms with Gasteiger partial charge in [0, 0.05) is 11.8 Å². The first-order valence-corrected chi connectivity index (χ1v) is 6.76. The number of amides is 1. The highest BCUT2D eigenvalue weighted by atomic mass is 79.9. The van der Waals surface area contributed by atoms with Gasteiger partial charge in [0.05, 0.1) is 15.0 Å². The van der Waals surface area contributed by atoms with Crippen molar-refractivity contribution in [2.75, 3.05) is 5.32 Å². The molecule has 2 aromatic rings. The van der Waals surface area contributed by atoms with Gasteiger partial charge in [0.15, 0.2) is 0 Å². The summed E-state index contributed by atoms with van der Waals surface area (Å²) in [6.45, 7) is 0. The molecule has 0 heterocycles. The van der Waals surface area contributed by atoms with Gasteiger partial charge in [-0.05, 0) is 40.2 Å². The number of hydrogen-bond donors (Lipinski definition) is 1. The Hall–Kier alpha value is -1.99. The van der Waals surface area contributed by atoms with E-state index in [1.165, 1.54) is 36.4 Å². The van der Waals surface area contributed by atoms with E-state index in [4.69, 9.17) is 11.6 Å². The summed E-state index contributed by atoms with van der Waals surface area (Å²) < 4.78 is 13.4. The molecule has 0 spiro atoms. The predicted octanol–water partition coefficient (Wildman–Crippen LogP) is 4.40. The summed E-state index contributed by atoms with van der Waals surface area (Å²) in [5.41, 5.74) is 0.109. The lowest BCUT2D eigenvalue weighted by atomic mass is 10.2. The maximum Gasteiger partial charge on any atom is 0.288 e. The van der Waals surface area contributed by atoms with E-state index in [0.717, 1.165) is 0 Å². The second-order valence-electron chi connectivity index (χ2n) is 3.98. The van der Waals surface area contributed by atoms with E-state index in [9.17, 15) is 19.3 Å². The molecule has 5 nitrogen and oxygen atoms in total. The van der Waals surface area contributed by atoms with E-state index >= 15 is 0 Å². The molecule has 1 N–H and O–H groups in total. The van der Waals surface area contributed by atoms with Crippen molar-refractivity contribution in [2.24, 2.45) is 0 Å². The number of carbonyl (C=O) groups excluding carboxylic acids is 1.